The lowest BCUT2D eigenvalue weighted by Gasteiger charge is -2.20. The summed E-state index contributed by atoms with van der Waals surface area (Å²) in [4.78, 5) is 15.2. The Kier molecular flexibility index (Phi) is 5.34. The number of benzene rings is 1. The summed E-state index contributed by atoms with van der Waals surface area (Å²) < 4.78 is 5.55. The van der Waals surface area contributed by atoms with Gasteiger partial charge >= 0.3 is 0 Å². The second-order valence-electron chi connectivity index (χ2n) is 6.20. The van der Waals surface area contributed by atoms with Gasteiger partial charge in [-0.1, -0.05) is 35.8 Å². The first-order valence-electron chi connectivity index (χ1n) is 8.44. The van der Waals surface area contributed by atoms with Crippen LogP contribution in [-0.4, -0.2) is 22.5 Å². The number of aryl methyl sites for hydroxylation is 2. The SMILES string of the molecule is CCCN(Cc1cc(-c2cc(C)ccc2C)on1)C(=O)c1cccs1. The van der Waals surface area contributed by atoms with Crippen molar-refractivity contribution < 1.29 is 9.32 Å². The van der Waals surface area contributed by atoms with E-state index in [0.717, 1.165) is 33.9 Å². The molecule has 25 heavy (non-hydrogen) atoms. The van der Waals surface area contributed by atoms with E-state index in [-0.39, 0.29) is 5.91 Å². The number of amides is 1. The van der Waals surface area contributed by atoms with Crippen molar-refractivity contribution in [3.8, 4) is 11.3 Å². The number of carbonyl (C=O) groups is 1. The van der Waals surface area contributed by atoms with Gasteiger partial charge < -0.3 is 9.42 Å². The summed E-state index contributed by atoms with van der Waals surface area (Å²) in [5.74, 6) is 0.796. The van der Waals surface area contributed by atoms with Crippen LogP contribution in [0.15, 0.2) is 46.3 Å². The number of aromatic nitrogens is 1. The zero-order chi connectivity index (χ0) is 17.8. The fraction of sp³-hybridized carbons (Fsp3) is 0.300. The van der Waals surface area contributed by atoms with Gasteiger partial charge in [-0.05, 0) is 43.3 Å². The molecule has 2 aromatic heterocycles. The van der Waals surface area contributed by atoms with E-state index in [9.17, 15) is 4.79 Å². The van der Waals surface area contributed by atoms with E-state index in [0.29, 0.717) is 13.1 Å². The van der Waals surface area contributed by atoms with Crippen LogP contribution in [-0.2, 0) is 6.54 Å². The van der Waals surface area contributed by atoms with Crippen LogP contribution in [0.5, 0.6) is 0 Å². The highest BCUT2D eigenvalue weighted by atomic mass is 32.1. The molecule has 0 aliphatic heterocycles. The minimum atomic E-state index is 0.0492. The summed E-state index contributed by atoms with van der Waals surface area (Å²) in [6.07, 6.45) is 0.902. The van der Waals surface area contributed by atoms with E-state index in [2.05, 4.69) is 44.1 Å². The topological polar surface area (TPSA) is 46.3 Å². The molecule has 0 atom stereocenters. The summed E-state index contributed by atoms with van der Waals surface area (Å²) >= 11 is 1.47. The number of hydrogen-bond acceptors (Lipinski definition) is 4. The maximum Gasteiger partial charge on any atom is 0.264 e. The van der Waals surface area contributed by atoms with Crippen molar-refractivity contribution in [2.24, 2.45) is 0 Å². The number of hydrogen-bond donors (Lipinski definition) is 0. The molecule has 2 heterocycles. The average Bonchev–Trinajstić information content (AvgIpc) is 3.28. The van der Waals surface area contributed by atoms with Crippen LogP contribution in [0.3, 0.4) is 0 Å². The highest BCUT2D eigenvalue weighted by molar-refractivity contribution is 7.12. The number of nitrogens with zero attached hydrogens (tertiary/aromatic N) is 2. The Balaban J connectivity index is 1.81. The lowest BCUT2D eigenvalue weighted by atomic mass is 10.0. The van der Waals surface area contributed by atoms with Crippen molar-refractivity contribution in [1.82, 2.24) is 10.1 Å². The molecule has 0 saturated carbocycles. The first-order chi connectivity index (χ1) is 12.1. The van der Waals surface area contributed by atoms with Gasteiger partial charge in [0.1, 0.15) is 5.69 Å². The Bertz CT molecular complexity index is 852. The van der Waals surface area contributed by atoms with Gasteiger partial charge in [-0.3, -0.25) is 4.79 Å². The average molecular weight is 354 g/mol. The molecule has 0 aliphatic rings. The Hall–Kier alpha value is -2.40. The molecule has 0 unspecified atom stereocenters. The molecule has 4 nitrogen and oxygen atoms in total. The van der Waals surface area contributed by atoms with Gasteiger partial charge in [-0.15, -0.1) is 11.3 Å². The van der Waals surface area contributed by atoms with E-state index in [1.54, 1.807) is 0 Å². The summed E-state index contributed by atoms with van der Waals surface area (Å²) in [5, 5.41) is 6.11. The van der Waals surface area contributed by atoms with Gasteiger partial charge in [0, 0.05) is 18.2 Å². The van der Waals surface area contributed by atoms with Crippen molar-refractivity contribution >= 4 is 17.2 Å². The summed E-state index contributed by atoms with van der Waals surface area (Å²) in [6, 6.07) is 12.0. The molecule has 0 fully saturated rings. The molecule has 0 radical (unpaired) electrons. The highest BCUT2D eigenvalue weighted by Gasteiger charge is 2.19. The second-order valence-corrected chi connectivity index (χ2v) is 7.15. The lowest BCUT2D eigenvalue weighted by Crippen LogP contribution is -2.30. The van der Waals surface area contributed by atoms with E-state index in [4.69, 9.17) is 4.52 Å². The maximum atomic E-state index is 12.7. The number of thiophene rings is 1. The standard InChI is InChI=1S/C20H22N2O2S/c1-4-9-22(20(23)19-6-5-10-25-19)13-16-12-18(24-21-16)17-11-14(2)7-8-15(17)3/h5-8,10-12H,4,9,13H2,1-3H3. The zero-order valence-corrected chi connectivity index (χ0v) is 15.6. The van der Waals surface area contributed by atoms with Crippen LogP contribution < -0.4 is 0 Å². The van der Waals surface area contributed by atoms with Crippen molar-refractivity contribution in [3.63, 3.8) is 0 Å². The van der Waals surface area contributed by atoms with E-state index < -0.39 is 0 Å². The first kappa shape index (κ1) is 17.4. The second kappa shape index (κ2) is 7.66. The lowest BCUT2D eigenvalue weighted by molar-refractivity contribution is 0.0744. The fourth-order valence-electron chi connectivity index (χ4n) is 2.79. The van der Waals surface area contributed by atoms with Gasteiger partial charge in [0.05, 0.1) is 11.4 Å². The molecule has 5 heteroatoms. The molecule has 1 aromatic carbocycles. The molecular formula is C20H22N2O2S. The number of carbonyl (C=O) groups excluding carboxylic acids is 1. The largest absolute Gasteiger partial charge is 0.356 e. The monoisotopic (exact) mass is 354 g/mol. The van der Waals surface area contributed by atoms with Gasteiger partial charge in [0.15, 0.2) is 5.76 Å². The normalized spacial score (nSPS) is 10.8. The van der Waals surface area contributed by atoms with Crippen LogP contribution >= 0.6 is 11.3 Å². The first-order valence-corrected chi connectivity index (χ1v) is 9.32. The van der Waals surface area contributed by atoms with E-state index in [1.807, 2.05) is 28.5 Å². The van der Waals surface area contributed by atoms with Gasteiger partial charge in [-0.2, -0.15) is 0 Å². The quantitative estimate of drug-likeness (QED) is 0.621. The Morgan fingerprint density at radius 2 is 2.08 bits per heavy atom. The van der Waals surface area contributed by atoms with Crippen molar-refractivity contribution in [3.05, 3.63) is 63.5 Å². The molecule has 3 aromatic rings. The Labute approximate surface area is 152 Å². The molecule has 0 bridgehead atoms. The van der Waals surface area contributed by atoms with Gasteiger partial charge in [0.2, 0.25) is 0 Å². The van der Waals surface area contributed by atoms with Crippen molar-refractivity contribution in [2.45, 2.75) is 33.7 Å². The zero-order valence-electron chi connectivity index (χ0n) is 14.8. The molecule has 0 saturated heterocycles. The van der Waals surface area contributed by atoms with E-state index in [1.165, 1.54) is 16.9 Å². The fourth-order valence-corrected chi connectivity index (χ4v) is 3.48. The van der Waals surface area contributed by atoms with Crippen LogP contribution in [0.25, 0.3) is 11.3 Å². The maximum absolute atomic E-state index is 12.7. The number of rotatable bonds is 6. The van der Waals surface area contributed by atoms with Crippen LogP contribution in [0.4, 0.5) is 0 Å². The van der Waals surface area contributed by atoms with Crippen molar-refractivity contribution in [2.75, 3.05) is 6.54 Å². The van der Waals surface area contributed by atoms with Crippen LogP contribution in [0.1, 0.15) is 39.8 Å². The Morgan fingerprint density at radius 3 is 2.80 bits per heavy atom. The third-order valence-corrected chi connectivity index (χ3v) is 4.94. The minimum absolute atomic E-state index is 0.0492. The molecule has 3 rings (SSSR count). The highest BCUT2D eigenvalue weighted by Crippen LogP contribution is 2.26. The molecule has 0 spiro atoms. The molecule has 130 valence electrons. The van der Waals surface area contributed by atoms with Crippen LogP contribution in [0.2, 0.25) is 0 Å². The van der Waals surface area contributed by atoms with E-state index >= 15 is 0 Å². The minimum Gasteiger partial charge on any atom is -0.356 e. The third kappa shape index (κ3) is 3.99. The molecule has 0 aliphatic carbocycles. The van der Waals surface area contributed by atoms with Crippen molar-refractivity contribution in [1.29, 1.82) is 0 Å². The molecular weight excluding hydrogens is 332 g/mol. The third-order valence-electron chi connectivity index (χ3n) is 4.08. The van der Waals surface area contributed by atoms with Crippen LogP contribution in [0, 0.1) is 13.8 Å². The predicted octanol–water partition coefficient (Wildman–Crippen LogP) is 5.07. The summed E-state index contributed by atoms with van der Waals surface area (Å²) in [7, 11) is 0. The van der Waals surface area contributed by atoms with Gasteiger partial charge in [0.25, 0.3) is 5.91 Å². The predicted molar refractivity (Wildman–Crippen MR) is 101 cm³/mol. The Morgan fingerprint density at radius 1 is 1.24 bits per heavy atom. The van der Waals surface area contributed by atoms with Gasteiger partial charge in [-0.25, -0.2) is 0 Å². The summed E-state index contributed by atoms with van der Waals surface area (Å²) in [5.41, 5.74) is 4.15. The summed E-state index contributed by atoms with van der Waals surface area (Å²) in [6.45, 7) is 7.34. The molecule has 1 amide bonds. The smallest absolute Gasteiger partial charge is 0.264 e. The molecule has 0 N–H and O–H groups in total.